The molecule has 4 aliphatic rings. The molecule has 138 valence electrons. The van der Waals surface area contributed by atoms with Crippen molar-refractivity contribution in [1.29, 1.82) is 0 Å². The summed E-state index contributed by atoms with van der Waals surface area (Å²) in [6.07, 6.45) is 12.0. The minimum atomic E-state index is -0.540. The zero-order chi connectivity index (χ0) is 18.0. The first kappa shape index (κ1) is 17.3. The molecular weight excluding hydrogens is 312 g/mol. The lowest BCUT2D eigenvalue weighted by Crippen LogP contribution is -2.50. The largest absolute Gasteiger partial charge is 0.462 e. The van der Waals surface area contributed by atoms with Crippen LogP contribution in [-0.4, -0.2) is 22.8 Å². The predicted octanol–water partition coefficient (Wildman–Crippen LogP) is 4.55. The van der Waals surface area contributed by atoms with E-state index in [2.05, 4.69) is 26.0 Å². The van der Waals surface area contributed by atoms with Gasteiger partial charge in [-0.15, -0.1) is 0 Å². The molecule has 6 atom stereocenters. The summed E-state index contributed by atoms with van der Waals surface area (Å²) in [6.45, 7) is 8.29. The van der Waals surface area contributed by atoms with Crippen molar-refractivity contribution in [2.24, 2.45) is 22.7 Å². The van der Waals surface area contributed by atoms with Gasteiger partial charge in [0.1, 0.15) is 6.10 Å². The summed E-state index contributed by atoms with van der Waals surface area (Å²) < 4.78 is 5.50. The Morgan fingerprint density at radius 1 is 1.08 bits per heavy atom. The maximum absolute atomic E-state index is 11.3. The van der Waals surface area contributed by atoms with E-state index in [-0.39, 0.29) is 22.9 Å². The first-order chi connectivity index (χ1) is 11.7. The SMILES string of the molecule is CC(=O)O[C@H]1CC[C@@]2(C)C(=CC=C3[C@@H]2CC[C@@]2(C)[C@H]3CC[C@]2(C)O)C1. The van der Waals surface area contributed by atoms with E-state index in [0.29, 0.717) is 11.8 Å². The Labute approximate surface area is 151 Å². The van der Waals surface area contributed by atoms with Crippen molar-refractivity contribution < 1.29 is 14.6 Å². The Morgan fingerprint density at radius 2 is 1.80 bits per heavy atom. The average Bonchev–Trinajstić information content (AvgIpc) is 2.77. The molecule has 4 aliphatic carbocycles. The van der Waals surface area contributed by atoms with E-state index in [1.807, 2.05) is 6.92 Å². The number of hydrogen-bond acceptors (Lipinski definition) is 3. The highest BCUT2D eigenvalue weighted by molar-refractivity contribution is 5.66. The zero-order valence-electron chi connectivity index (χ0n) is 16.1. The number of hydrogen-bond donors (Lipinski definition) is 1. The van der Waals surface area contributed by atoms with Gasteiger partial charge in [0, 0.05) is 18.8 Å². The second kappa shape index (κ2) is 5.45. The summed E-state index contributed by atoms with van der Waals surface area (Å²) in [4.78, 5) is 11.3. The van der Waals surface area contributed by atoms with Crippen LogP contribution in [0.3, 0.4) is 0 Å². The molecule has 3 heteroatoms. The number of allylic oxidation sites excluding steroid dienone is 3. The average molecular weight is 344 g/mol. The molecule has 3 nitrogen and oxygen atoms in total. The second-order valence-electron chi connectivity index (χ2n) is 9.62. The Bertz CT molecular complexity index is 658. The molecule has 0 aromatic rings. The number of fused-ring (bicyclic) bond motifs is 5. The molecule has 4 rings (SSSR count). The fraction of sp³-hybridized carbons (Fsp3) is 0.773. The van der Waals surface area contributed by atoms with E-state index in [0.717, 1.165) is 38.5 Å². The third-order valence-corrected chi connectivity index (χ3v) is 8.42. The Hall–Kier alpha value is -1.09. The molecular formula is C22H32O3. The van der Waals surface area contributed by atoms with Crippen molar-refractivity contribution in [1.82, 2.24) is 0 Å². The van der Waals surface area contributed by atoms with Gasteiger partial charge in [-0.3, -0.25) is 4.79 Å². The topological polar surface area (TPSA) is 46.5 Å². The van der Waals surface area contributed by atoms with Gasteiger partial charge < -0.3 is 9.84 Å². The summed E-state index contributed by atoms with van der Waals surface area (Å²) in [6, 6.07) is 0. The van der Waals surface area contributed by atoms with Crippen LogP contribution in [0.2, 0.25) is 0 Å². The summed E-state index contributed by atoms with van der Waals surface area (Å²) in [5.74, 6) is 0.947. The van der Waals surface area contributed by atoms with E-state index in [4.69, 9.17) is 4.74 Å². The third-order valence-electron chi connectivity index (χ3n) is 8.42. The van der Waals surface area contributed by atoms with Crippen molar-refractivity contribution in [3.63, 3.8) is 0 Å². The molecule has 1 N–H and O–H groups in total. The molecule has 0 aromatic carbocycles. The molecule has 3 saturated carbocycles. The summed E-state index contributed by atoms with van der Waals surface area (Å²) in [5.41, 5.74) is 2.74. The van der Waals surface area contributed by atoms with Crippen LogP contribution in [-0.2, 0) is 9.53 Å². The van der Waals surface area contributed by atoms with Gasteiger partial charge in [0.05, 0.1) is 5.60 Å². The maximum atomic E-state index is 11.3. The molecule has 0 bridgehead atoms. The van der Waals surface area contributed by atoms with Gasteiger partial charge in [-0.25, -0.2) is 0 Å². The van der Waals surface area contributed by atoms with Gasteiger partial charge in [-0.1, -0.05) is 37.1 Å². The van der Waals surface area contributed by atoms with Gasteiger partial charge in [0.15, 0.2) is 0 Å². The van der Waals surface area contributed by atoms with Gasteiger partial charge in [-0.05, 0) is 62.7 Å². The highest BCUT2D eigenvalue weighted by atomic mass is 16.5. The minimum absolute atomic E-state index is 0.0198. The van der Waals surface area contributed by atoms with Crippen molar-refractivity contribution in [2.45, 2.75) is 84.3 Å². The van der Waals surface area contributed by atoms with Crippen LogP contribution in [0.15, 0.2) is 23.3 Å². The molecule has 0 aliphatic heterocycles. The van der Waals surface area contributed by atoms with E-state index in [9.17, 15) is 9.90 Å². The van der Waals surface area contributed by atoms with Crippen LogP contribution in [0.5, 0.6) is 0 Å². The summed E-state index contributed by atoms with van der Waals surface area (Å²) >= 11 is 0. The lowest BCUT2D eigenvalue weighted by molar-refractivity contribution is -0.148. The lowest BCUT2D eigenvalue weighted by atomic mass is 9.50. The van der Waals surface area contributed by atoms with Crippen molar-refractivity contribution >= 4 is 5.97 Å². The normalized spacial score (nSPS) is 48.6. The van der Waals surface area contributed by atoms with Crippen LogP contribution in [0.25, 0.3) is 0 Å². The highest BCUT2D eigenvalue weighted by Gasteiger charge is 2.60. The molecule has 0 amide bonds. The molecule has 0 unspecified atom stereocenters. The van der Waals surface area contributed by atoms with E-state index >= 15 is 0 Å². The predicted molar refractivity (Wildman–Crippen MR) is 97.9 cm³/mol. The maximum Gasteiger partial charge on any atom is 0.302 e. The molecule has 0 aromatic heterocycles. The van der Waals surface area contributed by atoms with Crippen molar-refractivity contribution in [2.75, 3.05) is 0 Å². The van der Waals surface area contributed by atoms with Crippen LogP contribution in [0.1, 0.15) is 72.6 Å². The van der Waals surface area contributed by atoms with Crippen LogP contribution in [0.4, 0.5) is 0 Å². The molecule has 3 fully saturated rings. The Balaban J connectivity index is 1.65. The smallest absolute Gasteiger partial charge is 0.302 e. The molecule has 25 heavy (non-hydrogen) atoms. The van der Waals surface area contributed by atoms with E-state index in [1.54, 1.807) is 5.57 Å². The number of esters is 1. The van der Waals surface area contributed by atoms with Gasteiger partial charge in [0.2, 0.25) is 0 Å². The lowest BCUT2D eigenvalue weighted by Gasteiger charge is -2.55. The quantitative estimate of drug-likeness (QED) is 0.710. The van der Waals surface area contributed by atoms with Crippen LogP contribution < -0.4 is 0 Å². The first-order valence-electron chi connectivity index (χ1n) is 9.98. The Morgan fingerprint density at radius 3 is 2.52 bits per heavy atom. The third kappa shape index (κ3) is 2.38. The zero-order valence-corrected chi connectivity index (χ0v) is 16.1. The monoisotopic (exact) mass is 344 g/mol. The van der Waals surface area contributed by atoms with Crippen molar-refractivity contribution in [3.05, 3.63) is 23.3 Å². The second-order valence-corrected chi connectivity index (χ2v) is 9.62. The summed E-state index contributed by atoms with van der Waals surface area (Å²) in [5, 5.41) is 11.0. The number of carbonyl (C=O) groups is 1. The van der Waals surface area contributed by atoms with Gasteiger partial charge in [-0.2, -0.15) is 0 Å². The molecule has 0 radical (unpaired) electrons. The molecule has 0 saturated heterocycles. The number of rotatable bonds is 1. The number of ether oxygens (including phenoxy) is 1. The number of aliphatic hydroxyl groups is 1. The molecule has 0 heterocycles. The fourth-order valence-electron chi connectivity index (χ4n) is 6.55. The van der Waals surface area contributed by atoms with Gasteiger partial charge in [0.25, 0.3) is 0 Å². The highest BCUT2D eigenvalue weighted by Crippen LogP contribution is 2.65. The Kier molecular flexibility index (Phi) is 3.78. The van der Waals surface area contributed by atoms with Crippen LogP contribution >= 0.6 is 0 Å². The standard InChI is InChI=1S/C22H32O3/c1-14(23)25-16-7-10-20(2)15(13-16)5-6-17-18(20)8-11-21(3)19(17)9-12-22(21,4)24/h5-6,16,18-19,24H,7-13H2,1-4H3/t16-,18-,19-,20-,21-,22-/m0/s1. The minimum Gasteiger partial charge on any atom is -0.462 e. The van der Waals surface area contributed by atoms with Crippen molar-refractivity contribution in [3.8, 4) is 0 Å². The molecule has 0 spiro atoms. The van der Waals surface area contributed by atoms with Crippen LogP contribution in [0, 0.1) is 22.7 Å². The number of carbonyl (C=O) groups excluding carboxylic acids is 1. The van der Waals surface area contributed by atoms with E-state index < -0.39 is 5.60 Å². The fourth-order valence-corrected chi connectivity index (χ4v) is 6.55. The van der Waals surface area contributed by atoms with Gasteiger partial charge >= 0.3 is 5.97 Å². The van der Waals surface area contributed by atoms with E-state index in [1.165, 1.54) is 18.9 Å². The first-order valence-corrected chi connectivity index (χ1v) is 9.98. The summed E-state index contributed by atoms with van der Waals surface area (Å²) in [7, 11) is 0.